The highest BCUT2D eigenvalue weighted by atomic mass is 16.3. The molecule has 1 aliphatic rings. The van der Waals surface area contributed by atoms with Crippen LogP contribution in [0.3, 0.4) is 0 Å². The molecule has 2 unspecified atom stereocenters. The van der Waals surface area contributed by atoms with E-state index >= 15 is 0 Å². The molecule has 2 atom stereocenters. The van der Waals surface area contributed by atoms with Crippen LogP contribution in [0.5, 0.6) is 0 Å². The van der Waals surface area contributed by atoms with Gasteiger partial charge < -0.3 is 10.0 Å². The summed E-state index contributed by atoms with van der Waals surface area (Å²) in [5.41, 5.74) is -0.217. The summed E-state index contributed by atoms with van der Waals surface area (Å²) in [5, 5.41) is 9.71. The van der Waals surface area contributed by atoms with Gasteiger partial charge in [0.15, 0.2) is 0 Å². The number of likely N-dealkylation sites (tertiary alicyclic amines) is 1. The highest BCUT2D eigenvalue weighted by Gasteiger charge is 2.38. The largest absolute Gasteiger partial charge is 0.391 e. The highest BCUT2D eigenvalue weighted by Crippen LogP contribution is 2.34. The molecule has 0 radical (unpaired) electrons. The Hall–Kier alpha value is -0.570. The number of carbonyl (C=O) groups is 1. The van der Waals surface area contributed by atoms with E-state index in [1.807, 2.05) is 4.90 Å². The lowest BCUT2D eigenvalue weighted by atomic mass is 9.78. The van der Waals surface area contributed by atoms with Gasteiger partial charge in [-0.25, -0.2) is 0 Å². The van der Waals surface area contributed by atoms with Gasteiger partial charge in [0.25, 0.3) is 0 Å². The first kappa shape index (κ1) is 19.5. The predicted octanol–water partition coefficient (Wildman–Crippen LogP) is 4.53. The van der Waals surface area contributed by atoms with E-state index in [4.69, 9.17) is 0 Å². The lowest BCUT2D eigenvalue weighted by molar-refractivity contribution is -0.141. The number of amides is 1. The van der Waals surface area contributed by atoms with Gasteiger partial charge in [-0.3, -0.25) is 4.79 Å². The molecule has 1 N–H and O–H groups in total. The molecule has 1 fully saturated rings. The van der Waals surface area contributed by atoms with Crippen LogP contribution < -0.4 is 0 Å². The molecule has 3 nitrogen and oxygen atoms in total. The van der Waals surface area contributed by atoms with Crippen LogP contribution in [0.2, 0.25) is 0 Å². The third-order valence-electron chi connectivity index (χ3n) is 5.13. The van der Waals surface area contributed by atoms with Gasteiger partial charge in [0.05, 0.1) is 6.10 Å². The number of carbonyl (C=O) groups excluding carboxylic acids is 1. The lowest BCUT2D eigenvalue weighted by Crippen LogP contribution is -2.41. The van der Waals surface area contributed by atoms with E-state index < -0.39 is 0 Å². The number of rotatable bonds is 11. The summed E-state index contributed by atoms with van der Waals surface area (Å²) < 4.78 is 0. The van der Waals surface area contributed by atoms with Crippen LogP contribution in [-0.4, -0.2) is 35.1 Å². The summed E-state index contributed by atoms with van der Waals surface area (Å²) in [6, 6.07) is 0. The first-order valence-corrected chi connectivity index (χ1v) is 9.51. The van der Waals surface area contributed by atoms with Gasteiger partial charge in [-0.1, -0.05) is 72.1 Å². The topological polar surface area (TPSA) is 40.5 Å². The number of unbranched alkanes of at least 4 members (excludes halogenated alkanes) is 6. The van der Waals surface area contributed by atoms with Gasteiger partial charge in [-0.15, -0.1) is 0 Å². The molecule has 1 amide bonds. The molecule has 0 saturated carbocycles. The molecule has 3 heteroatoms. The molecule has 0 aromatic rings. The van der Waals surface area contributed by atoms with Crippen molar-refractivity contribution < 1.29 is 9.90 Å². The Kier molecular flexibility index (Phi) is 9.08. The minimum absolute atomic E-state index is 0.217. The fraction of sp³-hybridized carbons (Fsp3) is 0.947. The Morgan fingerprint density at radius 2 is 1.59 bits per heavy atom. The first-order chi connectivity index (χ1) is 10.5. The zero-order chi connectivity index (χ0) is 16.4. The minimum atomic E-state index is -0.312. The fourth-order valence-electron chi connectivity index (χ4n) is 3.53. The van der Waals surface area contributed by atoms with Crippen LogP contribution in [0.15, 0.2) is 0 Å². The molecule has 1 aliphatic heterocycles. The number of hydrogen-bond donors (Lipinski definition) is 1. The Bertz CT molecular complexity index is 319. The Morgan fingerprint density at radius 3 is 2.14 bits per heavy atom. The number of β-amino-alcohol motifs (C(OH)–C–C–N with tert-alkyl or cyclic N) is 1. The monoisotopic (exact) mass is 311 g/mol. The van der Waals surface area contributed by atoms with Crippen LogP contribution in [-0.2, 0) is 4.79 Å². The van der Waals surface area contributed by atoms with Crippen LogP contribution >= 0.6 is 0 Å². The maximum absolute atomic E-state index is 12.9. The van der Waals surface area contributed by atoms with Gasteiger partial charge in [0.1, 0.15) is 0 Å². The second kappa shape index (κ2) is 10.3. The summed E-state index contributed by atoms with van der Waals surface area (Å²) in [4.78, 5) is 14.8. The molecule has 0 aromatic carbocycles. The van der Waals surface area contributed by atoms with Gasteiger partial charge in [-0.2, -0.15) is 0 Å². The minimum Gasteiger partial charge on any atom is -0.391 e. The molecular formula is C19H37NO2. The molecule has 1 heterocycles. The Balaban J connectivity index is 2.54. The summed E-state index contributed by atoms with van der Waals surface area (Å²) >= 11 is 0. The molecule has 0 aromatic heterocycles. The van der Waals surface area contributed by atoms with Gasteiger partial charge >= 0.3 is 0 Å². The van der Waals surface area contributed by atoms with Gasteiger partial charge in [0, 0.05) is 18.5 Å². The maximum Gasteiger partial charge on any atom is 0.228 e. The quantitative estimate of drug-likeness (QED) is 0.570. The van der Waals surface area contributed by atoms with Gasteiger partial charge in [0.2, 0.25) is 5.91 Å². The average molecular weight is 312 g/mol. The number of aliphatic hydroxyl groups is 1. The zero-order valence-corrected chi connectivity index (χ0v) is 15.1. The SMILES string of the molecule is CCCCCCCC(C)(CCCCC)C(=O)N1CCC(O)C1. The Morgan fingerprint density at radius 1 is 1.05 bits per heavy atom. The molecular weight excluding hydrogens is 274 g/mol. The molecule has 1 saturated heterocycles. The second-order valence-electron chi connectivity index (χ2n) is 7.38. The van der Waals surface area contributed by atoms with Crippen LogP contribution in [0.1, 0.15) is 91.4 Å². The van der Waals surface area contributed by atoms with Crippen molar-refractivity contribution >= 4 is 5.91 Å². The summed E-state index contributed by atoms with van der Waals surface area (Å²) in [6.45, 7) is 7.88. The smallest absolute Gasteiger partial charge is 0.228 e. The molecule has 1 rings (SSSR count). The van der Waals surface area contributed by atoms with E-state index in [9.17, 15) is 9.90 Å². The number of nitrogens with zero attached hydrogens (tertiary/aromatic N) is 1. The third kappa shape index (κ3) is 6.28. The summed E-state index contributed by atoms with van der Waals surface area (Å²) in [5.74, 6) is 0.288. The summed E-state index contributed by atoms with van der Waals surface area (Å²) in [6.07, 6.45) is 12.2. The Labute approximate surface area is 137 Å². The van der Waals surface area contributed by atoms with Crippen LogP contribution in [0.25, 0.3) is 0 Å². The molecule has 0 aliphatic carbocycles. The van der Waals surface area contributed by atoms with Crippen molar-refractivity contribution in [2.75, 3.05) is 13.1 Å². The third-order valence-corrected chi connectivity index (χ3v) is 5.13. The molecule has 0 spiro atoms. The predicted molar refractivity (Wildman–Crippen MR) is 92.8 cm³/mol. The van der Waals surface area contributed by atoms with Crippen molar-refractivity contribution in [1.29, 1.82) is 0 Å². The van der Waals surface area contributed by atoms with Crippen LogP contribution in [0.4, 0.5) is 0 Å². The number of hydrogen-bond acceptors (Lipinski definition) is 2. The first-order valence-electron chi connectivity index (χ1n) is 9.51. The summed E-state index contributed by atoms with van der Waals surface area (Å²) in [7, 11) is 0. The molecule has 130 valence electrons. The van der Waals surface area contributed by atoms with E-state index in [2.05, 4.69) is 20.8 Å². The zero-order valence-electron chi connectivity index (χ0n) is 15.1. The van der Waals surface area contributed by atoms with Crippen molar-refractivity contribution in [1.82, 2.24) is 4.90 Å². The van der Waals surface area contributed by atoms with E-state index in [0.29, 0.717) is 6.54 Å². The number of aliphatic hydroxyl groups excluding tert-OH is 1. The average Bonchev–Trinajstić information content (AvgIpc) is 2.93. The van der Waals surface area contributed by atoms with Gasteiger partial charge in [-0.05, 0) is 19.3 Å². The molecule has 0 bridgehead atoms. The van der Waals surface area contributed by atoms with Crippen molar-refractivity contribution in [2.24, 2.45) is 5.41 Å². The van der Waals surface area contributed by atoms with Crippen molar-refractivity contribution in [3.8, 4) is 0 Å². The van der Waals surface area contributed by atoms with Crippen LogP contribution in [0, 0.1) is 5.41 Å². The molecule has 22 heavy (non-hydrogen) atoms. The second-order valence-corrected chi connectivity index (χ2v) is 7.38. The lowest BCUT2D eigenvalue weighted by Gasteiger charge is -2.33. The van der Waals surface area contributed by atoms with Crippen molar-refractivity contribution in [3.05, 3.63) is 0 Å². The van der Waals surface area contributed by atoms with E-state index in [0.717, 1.165) is 38.6 Å². The van der Waals surface area contributed by atoms with Crippen molar-refractivity contribution in [2.45, 2.75) is 97.5 Å². The van der Waals surface area contributed by atoms with E-state index in [1.165, 1.54) is 38.5 Å². The van der Waals surface area contributed by atoms with E-state index in [-0.39, 0.29) is 17.4 Å². The van der Waals surface area contributed by atoms with Crippen molar-refractivity contribution in [3.63, 3.8) is 0 Å². The normalized spacial score (nSPS) is 21.1. The maximum atomic E-state index is 12.9. The fourth-order valence-corrected chi connectivity index (χ4v) is 3.53. The van der Waals surface area contributed by atoms with E-state index in [1.54, 1.807) is 0 Å². The highest BCUT2D eigenvalue weighted by molar-refractivity contribution is 5.82. The standard InChI is InChI=1S/C19H37NO2/c1-4-6-8-9-11-14-19(3,13-10-7-5-2)18(22)20-15-12-17(21)16-20/h17,21H,4-16H2,1-3H3.